The number of aliphatic hydroxyl groups is 6. The number of carbonyl (C=O) groups excluding carboxylic acids is 1. The molecule has 0 radical (unpaired) electrons. The smallest absolute Gasteiger partial charge is 0.220 e. The Bertz CT molecular complexity index is 773. The first-order chi connectivity index (χ1) is 23.7. The molecule has 0 saturated carbocycles. The van der Waals surface area contributed by atoms with Crippen molar-refractivity contribution in [3.05, 3.63) is 0 Å². The Labute approximate surface area is 298 Å². The van der Waals surface area contributed by atoms with Crippen LogP contribution in [0.5, 0.6) is 0 Å². The number of hydrogen-bond donors (Lipinski definition) is 7. The van der Waals surface area contributed by atoms with Gasteiger partial charge in [0.15, 0.2) is 6.29 Å². The Morgan fingerprint density at radius 2 is 1.18 bits per heavy atom. The third-order valence-corrected chi connectivity index (χ3v) is 10.3. The van der Waals surface area contributed by atoms with Crippen LogP contribution in [-0.2, 0) is 14.3 Å². The normalized spacial score (nSPS) is 23.7. The first kappa shape index (κ1) is 46.2. The average Bonchev–Trinajstić information content (AvgIpc) is 3.10. The number of aliphatic hydroxyl groups excluding tert-OH is 6. The number of ether oxygens (including phenoxy) is 2. The Hall–Kier alpha value is -0.850. The highest BCUT2D eigenvalue weighted by Gasteiger charge is 2.44. The molecular formula is C39H77NO9. The zero-order valence-corrected chi connectivity index (χ0v) is 31.5. The van der Waals surface area contributed by atoms with E-state index in [0.29, 0.717) is 6.42 Å². The van der Waals surface area contributed by atoms with Crippen LogP contribution in [0.15, 0.2) is 0 Å². The summed E-state index contributed by atoms with van der Waals surface area (Å²) in [5, 5.41) is 64.8. The van der Waals surface area contributed by atoms with Gasteiger partial charge in [0.2, 0.25) is 5.91 Å². The maximum absolute atomic E-state index is 12.9. The Balaban J connectivity index is 2.48. The molecule has 1 fully saturated rings. The van der Waals surface area contributed by atoms with Crippen LogP contribution in [0.4, 0.5) is 0 Å². The van der Waals surface area contributed by atoms with Crippen molar-refractivity contribution in [1.29, 1.82) is 0 Å². The topological polar surface area (TPSA) is 169 Å². The van der Waals surface area contributed by atoms with E-state index in [1.807, 2.05) is 0 Å². The molecule has 0 aromatic rings. The summed E-state index contributed by atoms with van der Waals surface area (Å²) in [6.45, 7) is 5.88. The van der Waals surface area contributed by atoms with E-state index in [9.17, 15) is 35.4 Å². The fourth-order valence-corrected chi connectivity index (χ4v) is 6.58. The molecule has 9 atom stereocenters. The summed E-state index contributed by atoms with van der Waals surface area (Å²) in [4.78, 5) is 12.9. The van der Waals surface area contributed by atoms with Crippen LogP contribution in [0, 0.1) is 5.92 Å². The molecule has 1 aliphatic heterocycles. The zero-order valence-electron chi connectivity index (χ0n) is 31.5. The van der Waals surface area contributed by atoms with Crippen LogP contribution in [0.2, 0.25) is 0 Å². The van der Waals surface area contributed by atoms with Crippen LogP contribution in [0.3, 0.4) is 0 Å². The van der Waals surface area contributed by atoms with E-state index in [4.69, 9.17) is 9.47 Å². The third-order valence-electron chi connectivity index (χ3n) is 10.3. The van der Waals surface area contributed by atoms with Gasteiger partial charge in [-0.15, -0.1) is 0 Å². The minimum Gasteiger partial charge on any atom is -0.394 e. The highest BCUT2D eigenvalue weighted by Crippen LogP contribution is 2.23. The summed E-state index contributed by atoms with van der Waals surface area (Å²) in [5.41, 5.74) is 0. The van der Waals surface area contributed by atoms with Gasteiger partial charge in [-0.1, -0.05) is 156 Å². The molecule has 292 valence electrons. The highest BCUT2D eigenvalue weighted by molar-refractivity contribution is 5.76. The minimum absolute atomic E-state index is 0.259. The van der Waals surface area contributed by atoms with E-state index in [-0.39, 0.29) is 18.9 Å². The second-order valence-corrected chi connectivity index (χ2v) is 14.8. The first-order valence-corrected chi connectivity index (χ1v) is 20.2. The summed E-state index contributed by atoms with van der Waals surface area (Å²) >= 11 is 0. The van der Waals surface area contributed by atoms with Gasteiger partial charge in [-0.3, -0.25) is 4.79 Å². The molecule has 10 heteroatoms. The molecule has 0 bridgehead atoms. The van der Waals surface area contributed by atoms with Crippen molar-refractivity contribution in [2.75, 3.05) is 13.2 Å². The van der Waals surface area contributed by atoms with E-state index >= 15 is 0 Å². The van der Waals surface area contributed by atoms with Crippen LogP contribution < -0.4 is 5.32 Å². The lowest BCUT2D eigenvalue weighted by Crippen LogP contribution is -2.60. The van der Waals surface area contributed by atoms with Crippen molar-refractivity contribution >= 4 is 5.91 Å². The Kier molecular flexibility index (Phi) is 28.0. The molecule has 1 amide bonds. The maximum atomic E-state index is 12.9. The van der Waals surface area contributed by atoms with Gasteiger partial charge < -0.3 is 45.4 Å². The van der Waals surface area contributed by atoms with Crippen molar-refractivity contribution in [1.82, 2.24) is 5.32 Å². The number of hydrogen-bond acceptors (Lipinski definition) is 9. The standard InChI is InChI=1S/C39H77NO9/c1-4-6-7-8-9-10-11-12-13-14-18-21-24-27-34(43)40-31(29-48-39-38(47)37(46)36(45)33(28-41)49-39)35(44)32(42)26-23-20-17-15-16-19-22-25-30(3)5-2/h30-33,35-39,41-42,44-47H,4-29H2,1-3H3,(H,40,43). The second-order valence-electron chi connectivity index (χ2n) is 14.8. The lowest BCUT2D eigenvalue weighted by Gasteiger charge is -2.40. The molecule has 0 aromatic heterocycles. The fraction of sp³-hybridized carbons (Fsp3) is 0.974. The van der Waals surface area contributed by atoms with E-state index < -0.39 is 55.6 Å². The maximum Gasteiger partial charge on any atom is 0.220 e. The number of rotatable bonds is 32. The van der Waals surface area contributed by atoms with Gasteiger partial charge in [0.25, 0.3) is 0 Å². The number of carbonyl (C=O) groups is 1. The van der Waals surface area contributed by atoms with E-state index in [1.165, 1.54) is 89.9 Å². The molecule has 1 saturated heterocycles. The van der Waals surface area contributed by atoms with Crippen LogP contribution in [0.25, 0.3) is 0 Å². The fourth-order valence-electron chi connectivity index (χ4n) is 6.58. The van der Waals surface area contributed by atoms with Crippen molar-refractivity contribution in [3.8, 4) is 0 Å². The van der Waals surface area contributed by atoms with Crippen LogP contribution >= 0.6 is 0 Å². The molecule has 0 spiro atoms. The van der Waals surface area contributed by atoms with Gasteiger partial charge >= 0.3 is 0 Å². The molecular weight excluding hydrogens is 626 g/mol. The summed E-state index contributed by atoms with van der Waals surface area (Å²) in [5.74, 6) is 0.536. The van der Waals surface area contributed by atoms with Crippen molar-refractivity contribution in [3.63, 3.8) is 0 Å². The Morgan fingerprint density at radius 1 is 0.694 bits per heavy atom. The molecule has 9 unspecified atom stereocenters. The number of nitrogens with one attached hydrogen (secondary N) is 1. The molecule has 49 heavy (non-hydrogen) atoms. The van der Waals surface area contributed by atoms with E-state index in [2.05, 4.69) is 26.1 Å². The molecule has 7 N–H and O–H groups in total. The van der Waals surface area contributed by atoms with Gasteiger partial charge in [-0.2, -0.15) is 0 Å². The third kappa shape index (κ3) is 21.3. The largest absolute Gasteiger partial charge is 0.394 e. The molecule has 0 aliphatic carbocycles. The molecule has 1 aliphatic rings. The van der Waals surface area contributed by atoms with Gasteiger partial charge in [0, 0.05) is 6.42 Å². The van der Waals surface area contributed by atoms with Gasteiger partial charge in [0.05, 0.1) is 25.4 Å². The van der Waals surface area contributed by atoms with Crippen molar-refractivity contribution in [2.45, 2.75) is 224 Å². The molecule has 1 heterocycles. The lowest BCUT2D eigenvalue weighted by atomic mass is 9.98. The van der Waals surface area contributed by atoms with Crippen LogP contribution in [-0.4, -0.2) is 98.7 Å². The molecule has 10 nitrogen and oxygen atoms in total. The van der Waals surface area contributed by atoms with Crippen LogP contribution in [0.1, 0.15) is 175 Å². The van der Waals surface area contributed by atoms with Crippen molar-refractivity contribution < 1.29 is 44.9 Å². The van der Waals surface area contributed by atoms with Gasteiger partial charge in [0.1, 0.15) is 30.5 Å². The summed E-state index contributed by atoms with van der Waals surface area (Å²) in [6, 6.07) is -0.984. The predicted octanol–water partition coefficient (Wildman–Crippen LogP) is 6.05. The highest BCUT2D eigenvalue weighted by atomic mass is 16.7. The SMILES string of the molecule is CCCCCCCCCCCCCCCC(=O)NC(COC1OC(CO)C(O)C(O)C1O)C(O)C(O)CCCCCCCCCC(C)CC. The summed E-state index contributed by atoms with van der Waals surface area (Å²) < 4.78 is 11.1. The lowest BCUT2D eigenvalue weighted by molar-refractivity contribution is -0.303. The first-order valence-electron chi connectivity index (χ1n) is 20.2. The van der Waals surface area contributed by atoms with Gasteiger partial charge in [-0.25, -0.2) is 0 Å². The predicted molar refractivity (Wildman–Crippen MR) is 195 cm³/mol. The summed E-state index contributed by atoms with van der Waals surface area (Å²) in [6.07, 6.45) is 16.9. The zero-order chi connectivity index (χ0) is 36.3. The monoisotopic (exact) mass is 704 g/mol. The number of unbranched alkanes of at least 4 members (excludes halogenated alkanes) is 18. The quantitative estimate of drug-likeness (QED) is 0.0413. The summed E-state index contributed by atoms with van der Waals surface area (Å²) in [7, 11) is 0. The molecule has 0 aromatic carbocycles. The Morgan fingerprint density at radius 3 is 1.69 bits per heavy atom. The second kappa shape index (κ2) is 29.7. The van der Waals surface area contributed by atoms with Crippen molar-refractivity contribution in [2.24, 2.45) is 5.92 Å². The average molecular weight is 704 g/mol. The van der Waals surface area contributed by atoms with E-state index in [0.717, 1.165) is 57.3 Å². The van der Waals surface area contributed by atoms with Gasteiger partial charge in [-0.05, 0) is 18.8 Å². The van der Waals surface area contributed by atoms with E-state index in [1.54, 1.807) is 0 Å². The molecule has 1 rings (SSSR count). The number of amides is 1. The minimum atomic E-state index is -1.60.